The topological polar surface area (TPSA) is 50.4 Å². The van der Waals surface area contributed by atoms with Crippen LogP contribution in [-0.2, 0) is 6.42 Å². The Labute approximate surface area is 118 Å². The van der Waals surface area contributed by atoms with Gasteiger partial charge in [-0.15, -0.1) is 11.3 Å². The fourth-order valence-corrected chi connectivity index (χ4v) is 2.87. The largest absolute Gasteiger partial charge is 0.370 e. The van der Waals surface area contributed by atoms with Crippen molar-refractivity contribution in [1.29, 1.82) is 0 Å². The van der Waals surface area contributed by atoms with E-state index in [1.165, 1.54) is 15.0 Å². The molecule has 102 valence electrons. The summed E-state index contributed by atoms with van der Waals surface area (Å²) in [7, 11) is 0. The van der Waals surface area contributed by atoms with Crippen molar-refractivity contribution >= 4 is 27.4 Å². The van der Waals surface area contributed by atoms with E-state index in [2.05, 4.69) is 54.5 Å². The number of aliphatic imine (C=N–C) groups is 1. The summed E-state index contributed by atoms with van der Waals surface area (Å²) in [6.45, 7) is 5.88. The maximum absolute atomic E-state index is 5.80. The van der Waals surface area contributed by atoms with Gasteiger partial charge in [-0.1, -0.05) is 32.0 Å². The molecule has 2 aromatic rings. The van der Waals surface area contributed by atoms with Gasteiger partial charge in [0.25, 0.3) is 0 Å². The molecule has 0 aliphatic carbocycles. The highest BCUT2D eigenvalue weighted by Crippen LogP contribution is 2.25. The van der Waals surface area contributed by atoms with Crippen LogP contribution in [0.15, 0.2) is 35.3 Å². The molecule has 0 atom stereocenters. The summed E-state index contributed by atoms with van der Waals surface area (Å²) in [5.41, 5.74) is 5.80. The van der Waals surface area contributed by atoms with Gasteiger partial charge < -0.3 is 11.1 Å². The van der Waals surface area contributed by atoms with E-state index in [1.54, 1.807) is 0 Å². The molecular weight excluding hydrogens is 254 g/mol. The highest BCUT2D eigenvalue weighted by Gasteiger charge is 2.01. The Morgan fingerprint density at radius 2 is 2.16 bits per heavy atom. The van der Waals surface area contributed by atoms with Crippen LogP contribution in [0.2, 0.25) is 0 Å². The maximum atomic E-state index is 5.80. The Balaban J connectivity index is 1.84. The second-order valence-electron chi connectivity index (χ2n) is 5.05. The molecule has 1 heterocycles. The number of hydrogen-bond acceptors (Lipinski definition) is 2. The Hall–Kier alpha value is -1.55. The average molecular weight is 275 g/mol. The molecule has 0 aliphatic heterocycles. The van der Waals surface area contributed by atoms with Crippen LogP contribution >= 0.6 is 11.3 Å². The predicted octanol–water partition coefficient (Wildman–Crippen LogP) is 3.00. The zero-order chi connectivity index (χ0) is 13.7. The van der Waals surface area contributed by atoms with Crippen LogP contribution in [-0.4, -0.2) is 19.0 Å². The predicted molar refractivity (Wildman–Crippen MR) is 84.9 cm³/mol. The SMILES string of the molecule is CC(C)CN=C(N)NCCc1cc2ccccc2s1. The lowest BCUT2D eigenvalue weighted by atomic mass is 10.2. The van der Waals surface area contributed by atoms with Gasteiger partial charge in [-0.2, -0.15) is 0 Å². The molecule has 0 saturated carbocycles. The fraction of sp³-hybridized carbons (Fsp3) is 0.400. The number of guanidine groups is 1. The van der Waals surface area contributed by atoms with Crippen LogP contribution in [0.25, 0.3) is 10.1 Å². The van der Waals surface area contributed by atoms with Gasteiger partial charge in [0, 0.05) is 22.7 Å². The van der Waals surface area contributed by atoms with Crippen LogP contribution < -0.4 is 11.1 Å². The number of benzene rings is 1. The molecular formula is C15H21N3S. The van der Waals surface area contributed by atoms with E-state index in [9.17, 15) is 0 Å². The Bertz CT molecular complexity index is 524. The van der Waals surface area contributed by atoms with Gasteiger partial charge in [0.05, 0.1) is 0 Å². The lowest BCUT2D eigenvalue weighted by molar-refractivity contribution is 0.661. The van der Waals surface area contributed by atoms with Crippen LogP contribution in [0.4, 0.5) is 0 Å². The van der Waals surface area contributed by atoms with Crippen molar-refractivity contribution in [3.8, 4) is 0 Å². The van der Waals surface area contributed by atoms with E-state index < -0.39 is 0 Å². The molecule has 0 fully saturated rings. The minimum absolute atomic E-state index is 0.544. The van der Waals surface area contributed by atoms with Gasteiger partial charge in [-0.05, 0) is 29.9 Å². The minimum Gasteiger partial charge on any atom is -0.370 e. The zero-order valence-electron chi connectivity index (χ0n) is 11.5. The minimum atomic E-state index is 0.544. The summed E-state index contributed by atoms with van der Waals surface area (Å²) in [5, 5.41) is 4.49. The van der Waals surface area contributed by atoms with Crippen molar-refractivity contribution < 1.29 is 0 Å². The smallest absolute Gasteiger partial charge is 0.188 e. The number of nitrogens with one attached hydrogen (secondary N) is 1. The number of nitrogens with zero attached hydrogens (tertiary/aromatic N) is 1. The molecule has 0 unspecified atom stereocenters. The van der Waals surface area contributed by atoms with E-state index in [1.807, 2.05) is 11.3 Å². The molecule has 0 radical (unpaired) electrons. The van der Waals surface area contributed by atoms with Crippen molar-refractivity contribution in [1.82, 2.24) is 5.32 Å². The van der Waals surface area contributed by atoms with Crippen molar-refractivity contribution in [3.05, 3.63) is 35.2 Å². The first-order valence-corrected chi connectivity index (χ1v) is 7.48. The lowest BCUT2D eigenvalue weighted by Gasteiger charge is -2.05. The van der Waals surface area contributed by atoms with Crippen molar-refractivity contribution in [2.45, 2.75) is 20.3 Å². The molecule has 0 aliphatic rings. The van der Waals surface area contributed by atoms with Crippen LogP contribution in [0.3, 0.4) is 0 Å². The Morgan fingerprint density at radius 1 is 1.37 bits per heavy atom. The van der Waals surface area contributed by atoms with Gasteiger partial charge in [0.15, 0.2) is 5.96 Å². The summed E-state index contributed by atoms with van der Waals surface area (Å²) in [4.78, 5) is 5.66. The number of fused-ring (bicyclic) bond motifs is 1. The van der Waals surface area contributed by atoms with Crippen LogP contribution in [0.1, 0.15) is 18.7 Å². The van der Waals surface area contributed by atoms with Gasteiger partial charge in [0.1, 0.15) is 0 Å². The molecule has 3 N–H and O–H groups in total. The highest BCUT2D eigenvalue weighted by atomic mass is 32.1. The molecule has 3 nitrogen and oxygen atoms in total. The summed E-state index contributed by atoms with van der Waals surface area (Å²) in [6, 6.07) is 10.7. The first kappa shape index (κ1) is 13.9. The van der Waals surface area contributed by atoms with E-state index in [4.69, 9.17) is 5.73 Å². The van der Waals surface area contributed by atoms with Crippen molar-refractivity contribution in [2.24, 2.45) is 16.6 Å². The summed E-state index contributed by atoms with van der Waals surface area (Å²) in [6.07, 6.45) is 0.983. The standard InChI is InChI=1S/C15H21N3S/c1-11(2)10-18-15(16)17-8-7-13-9-12-5-3-4-6-14(12)19-13/h3-6,9,11H,7-8,10H2,1-2H3,(H3,16,17,18). The number of hydrogen-bond donors (Lipinski definition) is 2. The number of nitrogens with two attached hydrogens (primary N) is 1. The van der Waals surface area contributed by atoms with Gasteiger partial charge in [-0.3, -0.25) is 4.99 Å². The third-order valence-electron chi connectivity index (χ3n) is 2.78. The van der Waals surface area contributed by atoms with Gasteiger partial charge >= 0.3 is 0 Å². The molecule has 0 bridgehead atoms. The summed E-state index contributed by atoms with van der Waals surface area (Å²) in [5.74, 6) is 1.10. The molecule has 4 heteroatoms. The summed E-state index contributed by atoms with van der Waals surface area (Å²) < 4.78 is 1.35. The van der Waals surface area contributed by atoms with Crippen LogP contribution in [0.5, 0.6) is 0 Å². The average Bonchev–Trinajstić information content (AvgIpc) is 2.79. The van der Waals surface area contributed by atoms with E-state index in [-0.39, 0.29) is 0 Å². The lowest BCUT2D eigenvalue weighted by Crippen LogP contribution is -2.33. The number of rotatable bonds is 5. The Kier molecular flexibility index (Phi) is 4.80. The molecule has 19 heavy (non-hydrogen) atoms. The van der Waals surface area contributed by atoms with Crippen molar-refractivity contribution in [3.63, 3.8) is 0 Å². The quantitative estimate of drug-likeness (QED) is 0.651. The first-order chi connectivity index (χ1) is 9.15. The fourth-order valence-electron chi connectivity index (χ4n) is 1.81. The second-order valence-corrected chi connectivity index (χ2v) is 6.22. The third-order valence-corrected chi connectivity index (χ3v) is 3.96. The zero-order valence-corrected chi connectivity index (χ0v) is 12.3. The number of thiophene rings is 1. The maximum Gasteiger partial charge on any atom is 0.188 e. The van der Waals surface area contributed by atoms with Gasteiger partial charge in [0.2, 0.25) is 0 Å². The van der Waals surface area contributed by atoms with Crippen molar-refractivity contribution in [2.75, 3.05) is 13.1 Å². The Morgan fingerprint density at radius 3 is 2.89 bits per heavy atom. The molecule has 1 aromatic carbocycles. The van der Waals surface area contributed by atoms with Gasteiger partial charge in [-0.25, -0.2) is 0 Å². The normalized spacial score (nSPS) is 12.3. The molecule has 0 saturated heterocycles. The van der Waals surface area contributed by atoms with Crippen LogP contribution in [0, 0.1) is 5.92 Å². The molecule has 0 amide bonds. The first-order valence-electron chi connectivity index (χ1n) is 6.66. The highest BCUT2D eigenvalue weighted by molar-refractivity contribution is 7.19. The third kappa shape index (κ3) is 4.24. The monoisotopic (exact) mass is 275 g/mol. The summed E-state index contributed by atoms with van der Waals surface area (Å²) >= 11 is 1.85. The van der Waals surface area contributed by atoms with E-state index >= 15 is 0 Å². The molecule has 1 aromatic heterocycles. The second kappa shape index (κ2) is 6.57. The molecule has 2 rings (SSSR count). The van der Waals surface area contributed by atoms with E-state index in [0.717, 1.165) is 19.5 Å². The molecule has 0 spiro atoms. The van der Waals surface area contributed by atoms with E-state index in [0.29, 0.717) is 11.9 Å².